The van der Waals surface area contributed by atoms with Crippen molar-refractivity contribution in [1.82, 2.24) is 0 Å². The Morgan fingerprint density at radius 3 is 2.75 bits per heavy atom. The summed E-state index contributed by atoms with van der Waals surface area (Å²) in [6, 6.07) is 7.52. The van der Waals surface area contributed by atoms with E-state index in [-0.39, 0.29) is 5.78 Å². The molecule has 1 fully saturated rings. The lowest BCUT2D eigenvalue weighted by atomic mass is 9.93. The zero-order chi connectivity index (χ0) is 14.2. The second-order valence-electron chi connectivity index (χ2n) is 5.02. The number of para-hydroxylation sites is 1. The van der Waals surface area contributed by atoms with Crippen LogP contribution in [-0.4, -0.2) is 37.6 Å². The molecule has 1 aromatic rings. The highest BCUT2D eigenvalue weighted by atomic mass is 32.2. The predicted molar refractivity (Wildman–Crippen MR) is 82.8 cm³/mol. The van der Waals surface area contributed by atoms with Gasteiger partial charge in [0.25, 0.3) is 0 Å². The van der Waals surface area contributed by atoms with Crippen LogP contribution in [0.3, 0.4) is 0 Å². The topological polar surface area (TPSA) is 35.5 Å². The maximum atomic E-state index is 12.4. The number of carbonyl (C=O) groups excluding carboxylic acids is 1. The third-order valence-electron chi connectivity index (χ3n) is 3.55. The van der Waals surface area contributed by atoms with Gasteiger partial charge in [0, 0.05) is 13.5 Å². The maximum absolute atomic E-state index is 12.4. The Morgan fingerprint density at radius 1 is 1.25 bits per heavy atom. The molecule has 4 heteroatoms. The zero-order valence-electron chi connectivity index (χ0n) is 12.0. The van der Waals surface area contributed by atoms with Gasteiger partial charge in [-0.15, -0.1) is 0 Å². The number of hydrogen-bond acceptors (Lipinski definition) is 4. The third-order valence-corrected chi connectivity index (χ3v) is 4.60. The van der Waals surface area contributed by atoms with Crippen LogP contribution in [0.4, 0.5) is 0 Å². The Morgan fingerprint density at radius 2 is 2.00 bits per heavy atom. The summed E-state index contributed by atoms with van der Waals surface area (Å²) < 4.78 is 10.6. The molecule has 1 saturated heterocycles. The molecule has 0 spiro atoms. The molecule has 1 aliphatic rings. The van der Waals surface area contributed by atoms with E-state index in [4.69, 9.17) is 9.47 Å². The number of Topliss-reactive ketones (excluding diaryl/α,β-unsaturated/α-hetero) is 1. The first-order chi connectivity index (χ1) is 9.81. The summed E-state index contributed by atoms with van der Waals surface area (Å²) >= 11 is 1.99. The van der Waals surface area contributed by atoms with E-state index in [1.807, 2.05) is 36.0 Å². The Labute approximate surface area is 125 Å². The third kappa shape index (κ3) is 4.53. The van der Waals surface area contributed by atoms with Crippen molar-refractivity contribution in [3.8, 4) is 5.75 Å². The van der Waals surface area contributed by atoms with Crippen LogP contribution in [0.25, 0.3) is 0 Å². The molecule has 1 aliphatic heterocycles. The highest BCUT2D eigenvalue weighted by Crippen LogP contribution is 2.28. The molecular weight excluding hydrogens is 272 g/mol. The molecule has 0 aliphatic carbocycles. The smallest absolute Gasteiger partial charge is 0.166 e. The molecule has 1 aromatic carbocycles. The van der Waals surface area contributed by atoms with Gasteiger partial charge < -0.3 is 9.47 Å². The quantitative estimate of drug-likeness (QED) is 0.570. The van der Waals surface area contributed by atoms with Crippen LogP contribution in [0.5, 0.6) is 5.75 Å². The van der Waals surface area contributed by atoms with E-state index in [9.17, 15) is 4.79 Å². The first-order valence-electron chi connectivity index (χ1n) is 7.13. The van der Waals surface area contributed by atoms with Crippen LogP contribution in [0.1, 0.15) is 29.6 Å². The monoisotopic (exact) mass is 294 g/mol. The van der Waals surface area contributed by atoms with Crippen LogP contribution in [0, 0.1) is 5.92 Å². The van der Waals surface area contributed by atoms with Crippen molar-refractivity contribution in [2.24, 2.45) is 5.92 Å². The molecule has 2 rings (SSSR count). The summed E-state index contributed by atoms with van der Waals surface area (Å²) in [7, 11) is 1.64. The summed E-state index contributed by atoms with van der Waals surface area (Å²) in [6.07, 6.45) is 2.96. The molecule has 0 saturated carbocycles. The number of thioether (sulfide) groups is 1. The van der Waals surface area contributed by atoms with Gasteiger partial charge in [0.2, 0.25) is 0 Å². The fourth-order valence-corrected chi connectivity index (χ4v) is 3.58. The first-order valence-corrected chi connectivity index (χ1v) is 8.28. The zero-order valence-corrected chi connectivity index (χ0v) is 12.8. The second kappa shape index (κ2) is 8.32. The Kier molecular flexibility index (Phi) is 6.40. The largest absolute Gasteiger partial charge is 0.490 e. The van der Waals surface area contributed by atoms with Crippen molar-refractivity contribution in [2.45, 2.75) is 19.3 Å². The minimum atomic E-state index is 0.204. The Bertz CT molecular complexity index is 427. The lowest BCUT2D eigenvalue weighted by Gasteiger charge is -2.21. The molecule has 1 heterocycles. The number of ketones is 1. The van der Waals surface area contributed by atoms with Crippen molar-refractivity contribution < 1.29 is 14.3 Å². The normalized spacial score (nSPS) is 16.1. The number of carbonyl (C=O) groups is 1. The van der Waals surface area contributed by atoms with E-state index in [1.165, 1.54) is 11.5 Å². The maximum Gasteiger partial charge on any atom is 0.166 e. The second-order valence-corrected chi connectivity index (χ2v) is 6.25. The molecule has 0 N–H and O–H groups in total. The fraction of sp³-hybridized carbons (Fsp3) is 0.562. The predicted octanol–water partition coefficient (Wildman–Crippen LogP) is 3.43. The summed E-state index contributed by atoms with van der Waals surface area (Å²) in [6.45, 7) is 1.00. The van der Waals surface area contributed by atoms with Crippen LogP contribution in [0.2, 0.25) is 0 Å². The van der Waals surface area contributed by atoms with Crippen molar-refractivity contribution in [3.63, 3.8) is 0 Å². The van der Waals surface area contributed by atoms with Gasteiger partial charge in [0.15, 0.2) is 5.78 Å². The van der Waals surface area contributed by atoms with E-state index in [0.717, 1.165) is 12.8 Å². The van der Waals surface area contributed by atoms with Crippen molar-refractivity contribution >= 4 is 17.5 Å². The van der Waals surface area contributed by atoms with Gasteiger partial charge >= 0.3 is 0 Å². The average molecular weight is 294 g/mol. The Hall–Kier alpha value is -1.000. The molecule has 0 unspecified atom stereocenters. The van der Waals surface area contributed by atoms with E-state index < -0.39 is 0 Å². The minimum Gasteiger partial charge on any atom is -0.490 e. The fourth-order valence-electron chi connectivity index (χ4n) is 2.38. The number of rotatable bonds is 7. The van der Waals surface area contributed by atoms with Crippen molar-refractivity contribution in [1.29, 1.82) is 0 Å². The highest BCUT2D eigenvalue weighted by molar-refractivity contribution is 7.99. The first kappa shape index (κ1) is 15.4. The lowest BCUT2D eigenvalue weighted by Crippen LogP contribution is -2.15. The van der Waals surface area contributed by atoms with Crippen LogP contribution < -0.4 is 4.74 Å². The molecule has 0 bridgehead atoms. The lowest BCUT2D eigenvalue weighted by molar-refractivity contribution is 0.0951. The molecule has 0 amide bonds. The van der Waals surface area contributed by atoms with Crippen molar-refractivity contribution in [2.75, 3.05) is 31.8 Å². The van der Waals surface area contributed by atoms with Gasteiger partial charge in [-0.25, -0.2) is 0 Å². The molecule has 0 aromatic heterocycles. The average Bonchev–Trinajstić information content (AvgIpc) is 2.49. The summed E-state index contributed by atoms with van der Waals surface area (Å²) in [5.74, 6) is 3.79. The minimum absolute atomic E-state index is 0.204. The van der Waals surface area contributed by atoms with Crippen molar-refractivity contribution in [3.05, 3.63) is 29.8 Å². The summed E-state index contributed by atoms with van der Waals surface area (Å²) in [4.78, 5) is 12.4. The van der Waals surface area contributed by atoms with Gasteiger partial charge in [-0.2, -0.15) is 11.8 Å². The summed E-state index contributed by atoms with van der Waals surface area (Å²) in [5, 5.41) is 0. The molecule has 110 valence electrons. The standard InChI is InChI=1S/C16H22O3S/c1-18-8-9-19-16-5-3-2-4-14(16)15(17)12-13-6-10-20-11-7-13/h2-5,13H,6-12H2,1H3. The number of benzene rings is 1. The number of methoxy groups -OCH3 is 1. The molecule has 0 radical (unpaired) electrons. The van der Waals surface area contributed by atoms with Gasteiger partial charge in [-0.1, -0.05) is 12.1 Å². The van der Waals surface area contributed by atoms with Gasteiger partial charge in [0.05, 0.1) is 12.2 Å². The Balaban J connectivity index is 1.97. The molecular formula is C16H22O3S. The van der Waals surface area contributed by atoms with E-state index in [2.05, 4.69) is 0 Å². The van der Waals surface area contributed by atoms with Gasteiger partial charge in [-0.05, 0) is 42.4 Å². The van der Waals surface area contributed by atoms with Crippen LogP contribution in [0.15, 0.2) is 24.3 Å². The van der Waals surface area contributed by atoms with E-state index >= 15 is 0 Å². The van der Waals surface area contributed by atoms with Gasteiger partial charge in [0.1, 0.15) is 12.4 Å². The molecule has 0 atom stereocenters. The van der Waals surface area contributed by atoms with Crippen LogP contribution >= 0.6 is 11.8 Å². The number of ether oxygens (including phenoxy) is 2. The molecule has 20 heavy (non-hydrogen) atoms. The van der Waals surface area contributed by atoms with E-state index in [1.54, 1.807) is 7.11 Å². The van der Waals surface area contributed by atoms with E-state index in [0.29, 0.717) is 36.9 Å². The van der Waals surface area contributed by atoms with Crippen LogP contribution in [-0.2, 0) is 4.74 Å². The summed E-state index contributed by atoms with van der Waals surface area (Å²) in [5.41, 5.74) is 0.710. The van der Waals surface area contributed by atoms with Gasteiger partial charge in [-0.3, -0.25) is 4.79 Å². The number of hydrogen-bond donors (Lipinski definition) is 0. The highest BCUT2D eigenvalue weighted by Gasteiger charge is 2.20. The molecule has 3 nitrogen and oxygen atoms in total. The SMILES string of the molecule is COCCOc1ccccc1C(=O)CC1CCSCC1.